The molecule has 3 rings (SSSR count). The molecule has 0 saturated carbocycles. The highest BCUT2D eigenvalue weighted by Crippen LogP contribution is 2.25. The molecular weight excluding hydrogens is 272 g/mol. The first kappa shape index (κ1) is 15.6. The lowest BCUT2D eigenvalue weighted by atomic mass is 10.0. The molecule has 2 aromatic rings. The van der Waals surface area contributed by atoms with Crippen LogP contribution in [0.2, 0.25) is 0 Å². The van der Waals surface area contributed by atoms with Crippen LogP contribution in [0.5, 0.6) is 0 Å². The number of aromatic nitrogens is 1. The van der Waals surface area contributed by atoms with Gasteiger partial charge in [-0.2, -0.15) is 0 Å². The van der Waals surface area contributed by atoms with E-state index >= 15 is 0 Å². The quantitative estimate of drug-likeness (QED) is 0.936. The summed E-state index contributed by atoms with van der Waals surface area (Å²) < 4.78 is 2.28. The Labute approximate surface area is 133 Å². The van der Waals surface area contributed by atoms with Gasteiger partial charge in [0.25, 0.3) is 0 Å². The van der Waals surface area contributed by atoms with Crippen molar-refractivity contribution in [2.24, 2.45) is 0 Å². The Morgan fingerprint density at radius 2 is 1.95 bits per heavy atom. The Kier molecular flexibility index (Phi) is 4.55. The molecule has 3 heteroatoms. The number of aliphatic hydroxyl groups is 1. The zero-order valence-corrected chi connectivity index (χ0v) is 14.0. The van der Waals surface area contributed by atoms with Crippen molar-refractivity contribution in [2.45, 2.75) is 58.7 Å². The van der Waals surface area contributed by atoms with Crippen molar-refractivity contribution in [1.29, 1.82) is 0 Å². The van der Waals surface area contributed by atoms with Crippen molar-refractivity contribution in [2.75, 3.05) is 13.1 Å². The number of aryl methyl sites for hydroxylation is 1. The zero-order chi connectivity index (χ0) is 15.7. The number of hydrogen-bond acceptors (Lipinski definition) is 2. The molecule has 2 heterocycles. The second kappa shape index (κ2) is 6.43. The van der Waals surface area contributed by atoms with Crippen molar-refractivity contribution in [3.63, 3.8) is 0 Å². The fraction of sp³-hybridized carbons (Fsp3) is 0.579. The van der Waals surface area contributed by atoms with Crippen LogP contribution in [0, 0.1) is 13.8 Å². The molecule has 0 unspecified atom stereocenters. The summed E-state index contributed by atoms with van der Waals surface area (Å²) in [5.74, 6) is 0. The first-order valence-corrected chi connectivity index (χ1v) is 8.54. The van der Waals surface area contributed by atoms with Gasteiger partial charge in [0.2, 0.25) is 0 Å². The summed E-state index contributed by atoms with van der Waals surface area (Å²) in [6.07, 6.45) is 3.54. The number of piperidine rings is 1. The predicted octanol–water partition coefficient (Wildman–Crippen LogP) is 3.49. The lowest BCUT2D eigenvalue weighted by molar-refractivity contribution is 0.0641. The summed E-state index contributed by atoms with van der Waals surface area (Å²) in [7, 11) is 0. The molecule has 0 amide bonds. The number of nitrogens with zero attached hydrogens (tertiary/aromatic N) is 2. The highest BCUT2D eigenvalue weighted by atomic mass is 16.3. The van der Waals surface area contributed by atoms with Crippen molar-refractivity contribution < 1.29 is 5.11 Å². The van der Waals surface area contributed by atoms with Gasteiger partial charge >= 0.3 is 0 Å². The number of para-hydroxylation sites is 1. The molecule has 1 N–H and O–H groups in total. The maximum Gasteiger partial charge on any atom is 0.0845 e. The SMILES string of the molecule is Cc1c(C)n(C[C@@H](O)CN2CCCC[C@H]2C)c2ccccc12. The van der Waals surface area contributed by atoms with Gasteiger partial charge in [0.05, 0.1) is 12.6 Å². The van der Waals surface area contributed by atoms with E-state index in [0.29, 0.717) is 12.6 Å². The van der Waals surface area contributed by atoms with Crippen molar-refractivity contribution in [3.05, 3.63) is 35.5 Å². The van der Waals surface area contributed by atoms with Gasteiger partial charge in [0.1, 0.15) is 0 Å². The standard InChI is InChI=1S/C19H28N2O/c1-14-8-6-7-11-20(14)12-17(22)13-21-16(3)15(2)18-9-4-5-10-19(18)21/h4-5,9-10,14,17,22H,6-8,11-13H2,1-3H3/t14-,17+/m1/s1. The topological polar surface area (TPSA) is 28.4 Å². The van der Waals surface area contributed by atoms with Crippen molar-refractivity contribution >= 4 is 10.9 Å². The summed E-state index contributed by atoms with van der Waals surface area (Å²) in [6, 6.07) is 9.10. The molecule has 1 saturated heterocycles. The van der Waals surface area contributed by atoms with E-state index in [9.17, 15) is 5.11 Å². The predicted molar refractivity (Wildman–Crippen MR) is 92.3 cm³/mol. The third-order valence-corrected chi connectivity index (χ3v) is 5.33. The number of likely N-dealkylation sites (tertiary alicyclic amines) is 1. The molecule has 0 aliphatic carbocycles. The van der Waals surface area contributed by atoms with Gasteiger partial charge in [0.15, 0.2) is 0 Å². The van der Waals surface area contributed by atoms with Crippen molar-refractivity contribution in [3.8, 4) is 0 Å². The smallest absolute Gasteiger partial charge is 0.0845 e. The summed E-state index contributed by atoms with van der Waals surface area (Å²) in [4.78, 5) is 2.45. The van der Waals surface area contributed by atoms with Gasteiger partial charge in [-0.15, -0.1) is 0 Å². The Morgan fingerprint density at radius 1 is 1.18 bits per heavy atom. The average Bonchev–Trinajstić information content (AvgIpc) is 2.75. The minimum Gasteiger partial charge on any atom is -0.390 e. The first-order chi connectivity index (χ1) is 10.6. The van der Waals surface area contributed by atoms with Crippen molar-refractivity contribution in [1.82, 2.24) is 9.47 Å². The molecule has 0 spiro atoms. The third kappa shape index (κ3) is 2.92. The summed E-state index contributed by atoms with van der Waals surface area (Å²) >= 11 is 0. The highest BCUT2D eigenvalue weighted by molar-refractivity contribution is 5.85. The van der Waals surface area contributed by atoms with Crippen LogP contribution in [0.3, 0.4) is 0 Å². The van der Waals surface area contributed by atoms with Gasteiger partial charge in [-0.05, 0) is 51.8 Å². The molecule has 2 atom stereocenters. The molecule has 3 nitrogen and oxygen atoms in total. The van der Waals surface area contributed by atoms with E-state index in [1.807, 2.05) is 0 Å². The highest BCUT2D eigenvalue weighted by Gasteiger charge is 2.22. The fourth-order valence-corrected chi connectivity index (χ4v) is 3.81. The van der Waals surface area contributed by atoms with Crippen LogP contribution < -0.4 is 0 Å². The second-order valence-corrected chi connectivity index (χ2v) is 6.83. The second-order valence-electron chi connectivity index (χ2n) is 6.83. The van der Waals surface area contributed by atoms with E-state index in [-0.39, 0.29) is 6.10 Å². The van der Waals surface area contributed by atoms with Crippen LogP contribution in [0.4, 0.5) is 0 Å². The van der Waals surface area contributed by atoms with Gasteiger partial charge in [0, 0.05) is 29.2 Å². The van der Waals surface area contributed by atoms with Crippen LogP contribution in [-0.2, 0) is 6.54 Å². The van der Waals surface area contributed by atoms with Gasteiger partial charge in [-0.25, -0.2) is 0 Å². The minimum atomic E-state index is -0.311. The molecule has 1 aliphatic heterocycles. The Balaban J connectivity index is 1.76. The third-order valence-electron chi connectivity index (χ3n) is 5.33. The Morgan fingerprint density at radius 3 is 2.73 bits per heavy atom. The van der Waals surface area contributed by atoms with Crippen LogP contribution in [0.1, 0.15) is 37.4 Å². The number of fused-ring (bicyclic) bond motifs is 1. The van der Waals surface area contributed by atoms with E-state index in [1.165, 1.54) is 41.4 Å². The first-order valence-electron chi connectivity index (χ1n) is 8.54. The fourth-order valence-electron chi connectivity index (χ4n) is 3.81. The van der Waals surface area contributed by atoms with E-state index in [2.05, 4.69) is 54.5 Å². The van der Waals surface area contributed by atoms with Gasteiger partial charge in [-0.1, -0.05) is 24.6 Å². The van der Waals surface area contributed by atoms with E-state index < -0.39 is 0 Å². The summed E-state index contributed by atoms with van der Waals surface area (Å²) in [6.45, 7) is 9.21. The van der Waals surface area contributed by atoms with Gasteiger partial charge in [-0.3, -0.25) is 4.90 Å². The molecule has 1 aromatic heterocycles. The summed E-state index contributed by atoms with van der Waals surface area (Å²) in [5.41, 5.74) is 3.84. The Hall–Kier alpha value is -1.32. The molecule has 1 fully saturated rings. The number of rotatable bonds is 4. The normalized spacial score (nSPS) is 21.4. The monoisotopic (exact) mass is 300 g/mol. The van der Waals surface area contributed by atoms with Crippen LogP contribution in [0.25, 0.3) is 10.9 Å². The van der Waals surface area contributed by atoms with Crippen LogP contribution >= 0.6 is 0 Å². The van der Waals surface area contributed by atoms with Crippen LogP contribution in [0.15, 0.2) is 24.3 Å². The van der Waals surface area contributed by atoms with E-state index in [4.69, 9.17) is 0 Å². The lowest BCUT2D eigenvalue weighted by Crippen LogP contribution is -2.43. The molecule has 0 bridgehead atoms. The zero-order valence-electron chi connectivity index (χ0n) is 14.0. The Bertz CT molecular complexity index is 646. The molecular formula is C19H28N2O. The minimum absolute atomic E-state index is 0.311. The molecule has 22 heavy (non-hydrogen) atoms. The van der Waals surface area contributed by atoms with Gasteiger partial charge < -0.3 is 9.67 Å². The number of benzene rings is 1. The maximum absolute atomic E-state index is 10.6. The van der Waals surface area contributed by atoms with E-state index in [0.717, 1.165) is 13.1 Å². The largest absolute Gasteiger partial charge is 0.390 e. The average molecular weight is 300 g/mol. The number of β-amino-alcohol motifs (C(OH)–C–C–N with tert-alkyl or cyclic N) is 1. The molecule has 0 radical (unpaired) electrons. The van der Waals surface area contributed by atoms with Crippen LogP contribution in [-0.4, -0.2) is 39.8 Å². The lowest BCUT2D eigenvalue weighted by Gasteiger charge is -2.34. The van der Waals surface area contributed by atoms with E-state index in [1.54, 1.807) is 0 Å². The number of aliphatic hydroxyl groups excluding tert-OH is 1. The molecule has 120 valence electrons. The maximum atomic E-state index is 10.6. The molecule has 1 aliphatic rings. The summed E-state index contributed by atoms with van der Waals surface area (Å²) in [5, 5.41) is 11.9. The molecule has 1 aromatic carbocycles. The number of hydrogen-bond donors (Lipinski definition) is 1.